The zero-order chi connectivity index (χ0) is 10.6. The summed E-state index contributed by atoms with van der Waals surface area (Å²) in [5.74, 6) is -0.00843. The summed E-state index contributed by atoms with van der Waals surface area (Å²) in [6.07, 6.45) is 0.924. The van der Waals surface area contributed by atoms with Gasteiger partial charge in [-0.15, -0.1) is 0 Å². The van der Waals surface area contributed by atoms with Crippen molar-refractivity contribution in [2.45, 2.75) is 25.1 Å². The molecule has 0 aliphatic rings. The summed E-state index contributed by atoms with van der Waals surface area (Å²) in [5, 5.41) is 2.88. The topological polar surface area (TPSA) is 29.1 Å². The number of hydrogen-bond acceptors (Lipinski definition) is 1. The molecule has 0 radical (unpaired) electrons. The summed E-state index contributed by atoms with van der Waals surface area (Å²) in [4.78, 5) is 11.3. The van der Waals surface area contributed by atoms with Crippen molar-refractivity contribution in [1.82, 2.24) is 0 Å². The third-order valence-corrected chi connectivity index (χ3v) is 2.43. The van der Waals surface area contributed by atoms with Crippen molar-refractivity contribution in [2.24, 2.45) is 0 Å². The first-order chi connectivity index (χ1) is 6.65. The quantitative estimate of drug-likeness (QED) is 0.827. The van der Waals surface area contributed by atoms with E-state index in [2.05, 4.69) is 28.2 Å². The molecule has 0 spiro atoms. The average molecular weight is 256 g/mol. The van der Waals surface area contributed by atoms with Crippen molar-refractivity contribution in [3.8, 4) is 0 Å². The molecular formula is C11H14BrNO. The fourth-order valence-electron chi connectivity index (χ4n) is 1.18. The van der Waals surface area contributed by atoms with Gasteiger partial charge in [-0.25, -0.2) is 0 Å². The minimum atomic E-state index is -0.160. The molecule has 1 N–H and O–H groups in total. The second-order valence-electron chi connectivity index (χ2n) is 3.12. The number of carbonyl (C=O) groups excluding carboxylic acids is 1. The van der Waals surface area contributed by atoms with E-state index in [0.29, 0.717) is 0 Å². The van der Waals surface area contributed by atoms with E-state index in [0.717, 1.165) is 17.7 Å². The Balaban J connectivity index is 2.80. The van der Waals surface area contributed by atoms with Gasteiger partial charge >= 0.3 is 0 Å². The molecule has 1 amide bonds. The van der Waals surface area contributed by atoms with Gasteiger partial charge in [0.2, 0.25) is 5.91 Å². The maximum Gasteiger partial charge on any atom is 0.237 e. The lowest BCUT2D eigenvalue weighted by atomic mass is 10.1. The molecule has 14 heavy (non-hydrogen) atoms. The van der Waals surface area contributed by atoms with Crippen LogP contribution in [0.4, 0.5) is 5.69 Å². The number of aryl methyl sites for hydroxylation is 1. The molecular weight excluding hydrogens is 242 g/mol. The fraction of sp³-hybridized carbons (Fsp3) is 0.364. The minimum absolute atomic E-state index is 0.00843. The van der Waals surface area contributed by atoms with Gasteiger partial charge < -0.3 is 5.32 Å². The second kappa shape index (κ2) is 5.15. The lowest BCUT2D eigenvalue weighted by Gasteiger charge is -2.10. The first kappa shape index (κ1) is 11.2. The number of halogens is 1. The van der Waals surface area contributed by atoms with Crippen LogP contribution in [0, 0.1) is 0 Å². The molecule has 1 aromatic rings. The lowest BCUT2D eigenvalue weighted by molar-refractivity contribution is -0.115. The molecule has 1 rings (SSSR count). The van der Waals surface area contributed by atoms with Gasteiger partial charge in [0.1, 0.15) is 0 Å². The Hall–Kier alpha value is -0.830. The van der Waals surface area contributed by atoms with Crippen LogP contribution in [0.15, 0.2) is 24.3 Å². The van der Waals surface area contributed by atoms with Gasteiger partial charge in [-0.05, 0) is 25.0 Å². The predicted molar refractivity (Wildman–Crippen MR) is 62.8 cm³/mol. The molecule has 1 aromatic carbocycles. The van der Waals surface area contributed by atoms with Gasteiger partial charge in [0.05, 0.1) is 4.83 Å². The van der Waals surface area contributed by atoms with Gasteiger partial charge in [-0.1, -0.05) is 41.1 Å². The van der Waals surface area contributed by atoms with Crippen LogP contribution in [0.5, 0.6) is 0 Å². The maximum atomic E-state index is 11.4. The van der Waals surface area contributed by atoms with Crippen molar-refractivity contribution in [3.05, 3.63) is 29.8 Å². The van der Waals surface area contributed by atoms with Crippen LogP contribution in [0.3, 0.4) is 0 Å². The van der Waals surface area contributed by atoms with Crippen molar-refractivity contribution in [2.75, 3.05) is 5.32 Å². The Morgan fingerprint density at radius 3 is 2.71 bits per heavy atom. The number of nitrogens with one attached hydrogen (secondary N) is 1. The number of alkyl halides is 1. The van der Waals surface area contributed by atoms with Gasteiger partial charge in [0.25, 0.3) is 0 Å². The summed E-state index contributed by atoms with van der Waals surface area (Å²) < 4.78 is 0. The molecule has 0 unspecified atom stereocenters. The fourth-order valence-corrected chi connectivity index (χ4v) is 1.30. The number of hydrogen-bond donors (Lipinski definition) is 1. The number of amides is 1. The smallest absolute Gasteiger partial charge is 0.237 e. The molecule has 76 valence electrons. The van der Waals surface area contributed by atoms with E-state index in [4.69, 9.17) is 0 Å². The van der Waals surface area contributed by atoms with Crippen LogP contribution in [-0.2, 0) is 11.2 Å². The third-order valence-electron chi connectivity index (χ3n) is 2.02. The molecule has 0 saturated carbocycles. The van der Waals surface area contributed by atoms with Gasteiger partial charge in [0.15, 0.2) is 0 Å². The van der Waals surface area contributed by atoms with Crippen LogP contribution < -0.4 is 5.32 Å². The molecule has 1 atom stereocenters. The Bertz CT molecular complexity index is 323. The molecule has 0 aromatic heterocycles. The summed E-state index contributed by atoms with van der Waals surface area (Å²) >= 11 is 3.23. The van der Waals surface area contributed by atoms with Crippen LogP contribution in [0.25, 0.3) is 0 Å². The summed E-state index contributed by atoms with van der Waals surface area (Å²) in [5.41, 5.74) is 2.07. The normalized spacial score (nSPS) is 12.2. The van der Waals surface area contributed by atoms with E-state index in [1.165, 1.54) is 0 Å². The number of para-hydroxylation sites is 1. The van der Waals surface area contributed by atoms with Gasteiger partial charge in [-0.3, -0.25) is 4.79 Å². The Labute approximate surface area is 92.8 Å². The van der Waals surface area contributed by atoms with E-state index >= 15 is 0 Å². The SMILES string of the molecule is CCc1ccccc1NC(=O)[C@@H](C)Br. The second-order valence-corrected chi connectivity index (χ2v) is 4.49. The lowest BCUT2D eigenvalue weighted by Crippen LogP contribution is -2.20. The summed E-state index contributed by atoms with van der Waals surface area (Å²) in [6.45, 7) is 3.88. The van der Waals surface area contributed by atoms with E-state index in [-0.39, 0.29) is 10.7 Å². The number of anilines is 1. The van der Waals surface area contributed by atoms with Crippen molar-refractivity contribution < 1.29 is 4.79 Å². The summed E-state index contributed by atoms with van der Waals surface area (Å²) in [6, 6.07) is 7.85. The van der Waals surface area contributed by atoms with Crippen LogP contribution in [-0.4, -0.2) is 10.7 Å². The first-order valence-electron chi connectivity index (χ1n) is 4.68. The van der Waals surface area contributed by atoms with E-state index in [9.17, 15) is 4.79 Å². The molecule has 2 nitrogen and oxygen atoms in total. The van der Waals surface area contributed by atoms with Gasteiger partial charge in [-0.2, -0.15) is 0 Å². The molecule has 0 heterocycles. The standard InChI is InChI=1S/C11H14BrNO/c1-3-9-6-4-5-7-10(9)13-11(14)8(2)12/h4-8H,3H2,1-2H3,(H,13,14)/t8-/m1/s1. The summed E-state index contributed by atoms with van der Waals surface area (Å²) in [7, 11) is 0. The average Bonchev–Trinajstić information content (AvgIpc) is 2.18. The Kier molecular flexibility index (Phi) is 4.14. The number of benzene rings is 1. The largest absolute Gasteiger partial charge is 0.325 e. The monoisotopic (exact) mass is 255 g/mol. The maximum absolute atomic E-state index is 11.4. The molecule has 0 bridgehead atoms. The molecule has 0 aliphatic carbocycles. The highest BCUT2D eigenvalue weighted by Crippen LogP contribution is 2.16. The highest BCUT2D eigenvalue weighted by molar-refractivity contribution is 9.10. The molecule has 0 saturated heterocycles. The van der Waals surface area contributed by atoms with Crippen molar-refractivity contribution in [1.29, 1.82) is 0 Å². The van der Waals surface area contributed by atoms with E-state index in [1.54, 1.807) is 0 Å². The van der Waals surface area contributed by atoms with Crippen LogP contribution in [0.2, 0.25) is 0 Å². The number of rotatable bonds is 3. The molecule has 0 aliphatic heterocycles. The van der Waals surface area contributed by atoms with Crippen molar-refractivity contribution >= 4 is 27.5 Å². The van der Waals surface area contributed by atoms with E-state index < -0.39 is 0 Å². The molecule has 0 fully saturated rings. The zero-order valence-corrected chi connectivity index (χ0v) is 9.97. The van der Waals surface area contributed by atoms with E-state index in [1.807, 2.05) is 31.2 Å². The first-order valence-corrected chi connectivity index (χ1v) is 5.59. The Morgan fingerprint density at radius 1 is 1.50 bits per heavy atom. The molecule has 3 heteroatoms. The number of carbonyl (C=O) groups is 1. The highest BCUT2D eigenvalue weighted by Gasteiger charge is 2.09. The van der Waals surface area contributed by atoms with Crippen LogP contribution >= 0.6 is 15.9 Å². The highest BCUT2D eigenvalue weighted by atomic mass is 79.9. The zero-order valence-electron chi connectivity index (χ0n) is 8.38. The van der Waals surface area contributed by atoms with Crippen LogP contribution in [0.1, 0.15) is 19.4 Å². The van der Waals surface area contributed by atoms with Crippen molar-refractivity contribution in [3.63, 3.8) is 0 Å². The van der Waals surface area contributed by atoms with Gasteiger partial charge in [0, 0.05) is 5.69 Å². The predicted octanol–water partition coefficient (Wildman–Crippen LogP) is 2.97. The Morgan fingerprint density at radius 2 is 2.14 bits per heavy atom. The minimum Gasteiger partial charge on any atom is -0.325 e. The third kappa shape index (κ3) is 2.84.